The Bertz CT molecular complexity index is 581. The zero-order valence-corrected chi connectivity index (χ0v) is 11.9. The lowest BCUT2D eigenvalue weighted by Crippen LogP contribution is -2.15. The molecule has 8 heteroatoms. The Morgan fingerprint density at radius 2 is 1.68 bits per heavy atom. The highest BCUT2D eigenvalue weighted by Crippen LogP contribution is 2.24. The van der Waals surface area contributed by atoms with Gasteiger partial charge >= 0.3 is 0 Å². The van der Waals surface area contributed by atoms with Crippen LogP contribution < -0.4 is 16.0 Å². The lowest BCUT2D eigenvalue weighted by molar-refractivity contribution is 0.969. The first kappa shape index (κ1) is 13.6. The van der Waals surface area contributed by atoms with Crippen LogP contribution in [0.4, 0.5) is 23.5 Å². The number of benzene rings is 1. The monoisotopic (exact) mass is 298 g/mol. The molecule has 0 bridgehead atoms. The molecule has 1 aromatic heterocycles. The summed E-state index contributed by atoms with van der Waals surface area (Å²) in [7, 11) is 3.63. The maximum atomic E-state index is 5.92. The number of hydrogen-bond donors (Lipinski definition) is 2. The Morgan fingerprint density at radius 3 is 2.26 bits per heavy atom. The molecule has 0 saturated carbocycles. The van der Waals surface area contributed by atoms with Crippen LogP contribution in [0, 0.1) is 0 Å². The van der Waals surface area contributed by atoms with Crippen molar-refractivity contribution in [3.63, 3.8) is 0 Å². The molecule has 2 aromatic rings. The van der Waals surface area contributed by atoms with E-state index < -0.39 is 0 Å². The highest BCUT2D eigenvalue weighted by atomic mass is 35.5. The van der Waals surface area contributed by atoms with Gasteiger partial charge in [-0.1, -0.05) is 23.2 Å². The van der Waals surface area contributed by atoms with Crippen molar-refractivity contribution in [2.24, 2.45) is 0 Å². The molecule has 0 fully saturated rings. The van der Waals surface area contributed by atoms with E-state index in [2.05, 4.69) is 20.3 Å². The van der Waals surface area contributed by atoms with Gasteiger partial charge in [-0.25, -0.2) is 0 Å². The second-order valence-corrected chi connectivity index (χ2v) is 4.87. The van der Waals surface area contributed by atoms with Crippen LogP contribution in [-0.2, 0) is 0 Å². The van der Waals surface area contributed by atoms with Crippen molar-refractivity contribution in [3.05, 3.63) is 28.2 Å². The fourth-order valence-electron chi connectivity index (χ4n) is 1.39. The third-order valence-corrected chi connectivity index (χ3v) is 2.60. The van der Waals surface area contributed by atoms with Gasteiger partial charge in [-0.3, -0.25) is 0 Å². The second kappa shape index (κ2) is 5.46. The van der Waals surface area contributed by atoms with Gasteiger partial charge in [0.2, 0.25) is 17.8 Å². The predicted octanol–water partition coefficient (Wildman–Crippen LogP) is 2.57. The van der Waals surface area contributed by atoms with Crippen LogP contribution in [0.3, 0.4) is 0 Å². The summed E-state index contributed by atoms with van der Waals surface area (Å²) < 4.78 is 0. The van der Waals surface area contributed by atoms with Crippen molar-refractivity contribution in [1.29, 1.82) is 0 Å². The third-order valence-electron chi connectivity index (χ3n) is 2.16. The molecule has 0 amide bonds. The molecule has 0 unspecified atom stereocenters. The van der Waals surface area contributed by atoms with Crippen molar-refractivity contribution in [2.75, 3.05) is 30.0 Å². The third kappa shape index (κ3) is 3.59. The second-order valence-electron chi connectivity index (χ2n) is 3.99. The summed E-state index contributed by atoms with van der Waals surface area (Å²) in [4.78, 5) is 13.9. The molecule has 1 heterocycles. The first-order chi connectivity index (χ1) is 8.94. The molecule has 3 N–H and O–H groups in total. The number of nitrogens with two attached hydrogens (primary N) is 1. The van der Waals surface area contributed by atoms with Gasteiger partial charge in [0.1, 0.15) is 0 Å². The minimum absolute atomic E-state index is 0.134. The van der Waals surface area contributed by atoms with E-state index in [1.54, 1.807) is 23.1 Å². The van der Waals surface area contributed by atoms with E-state index in [1.807, 2.05) is 14.1 Å². The summed E-state index contributed by atoms with van der Waals surface area (Å²) in [5.74, 6) is 0.923. The molecule has 19 heavy (non-hydrogen) atoms. The molecule has 1 aromatic carbocycles. The highest BCUT2D eigenvalue weighted by molar-refractivity contribution is 6.35. The van der Waals surface area contributed by atoms with Crippen molar-refractivity contribution in [2.45, 2.75) is 0 Å². The standard InChI is InChI=1S/C11H12Cl2N6/c1-19(2)11-17-9(14)16-10(18-11)15-8-4-6(12)3-7(13)5-8/h3-5H,1-2H3,(H3,14,15,16,17,18). The number of rotatable bonds is 3. The number of aromatic nitrogens is 3. The van der Waals surface area contributed by atoms with Gasteiger partial charge < -0.3 is 16.0 Å². The summed E-state index contributed by atoms with van der Waals surface area (Å²) in [5, 5.41) is 4.02. The van der Waals surface area contributed by atoms with E-state index in [0.29, 0.717) is 27.6 Å². The maximum Gasteiger partial charge on any atom is 0.233 e. The Hall–Kier alpha value is -1.79. The summed E-state index contributed by atoms with van der Waals surface area (Å²) in [6.45, 7) is 0. The molecule has 0 saturated heterocycles. The summed E-state index contributed by atoms with van der Waals surface area (Å²) in [5.41, 5.74) is 6.30. The predicted molar refractivity (Wildman–Crippen MR) is 78.3 cm³/mol. The van der Waals surface area contributed by atoms with Gasteiger partial charge in [-0.05, 0) is 18.2 Å². The molecule has 100 valence electrons. The van der Waals surface area contributed by atoms with Crippen LogP contribution in [-0.4, -0.2) is 29.0 Å². The lowest BCUT2D eigenvalue weighted by atomic mass is 10.3. The van der Waals surface area contributed by atoms with Crippen molar-refractivity contribution in [3.8, 4) is 0 Å². The van der Waals surface area contributed by atoms with Crippen LogP contribution in [0.15, 0.2) is 18.2 Å². The quantitative estimate of drug-likeness (QED) is 0.906. The average Bonchev–Trinajstić information content (AvgIpc) is 2.26. The molecule has 6 nitrogen and oxygen atoms in total. The molecular formula is C11H12Cl2N6. The zero-order chi connectivity index (χ0) is 14.0. The molecule has 0 radical (unpaired) electrons. The van der Waals surface area contributed by atoms with Gasteiger partial charge in [0.15, 0.2) is 0 Å². The largest absolute Gasteiger partial charge is 0.368 e. The molecule has 2 rings (SSSR count). The minimum atomic E-state index is 0.134. The number of nitrogen functional groups attached to an aromatic ring is 1. The number of nitrogens with zero attached hydrogens (tertiary/aromatic N) is 4. The SMILES string of the molecule is CN(C)c1nc(N)nc(Nc2cc(Cl)cc(Cl)c2)n1. The molecular weight excluding hydrogens is 287 g/mol. The lowest BCUT2D eigenvalue weighted by Gasteiger charge is -2.12. The van der Waals surface area contributed by atoms with Gasteiger partial charge in [0.05, 0.1) is 0 Å². The van der Waals surface area contributed by atoms with E-state index in [0.717, 1.165) is 0 Å². The van der Waals surface area contributed by atoms with E-state index in [4.69, 9.17) is 28.9 Å². The summed E-state index contributed by atoms with van der Waals surface area (Å²) >= 11 is 11.8. The van der Waals surface area contributed by atoms with Crippen LogP contribution in [0.25, 0.3) is 0 Å². The Balaban J connectivity index is 2.32. The van der Waals surface area contributed by atoms with Crippen LogP contribution in [0.1, 0.15) is 0 Å². The average molecular weight is 299 g/mol. The molecule has 0 atom stereocenters. The molecule has 0 spiro atoms. The summed E-state index contributed by atoms with van der Waals surface area (Å²) in [6.07, 6.45) is 0. The number of halogens is 2. The van der Waals surface area contributed by atoms with E-state index in [1.165, 1.54) is 0 Å². The zero-order valence-electron chi connectivity index (χ0n) is 10.4. The van der Waals surface area contributed by atoms with E-state index >= 15 is 0 Å². The Morgan fingerprint density at radius 1 is 1.05 bits per heavy atom. The van der Waals surface area contributed by atoms with Crippen molar-refractivity contribution >= 4 is 46.7 Å². The minimum Gasteiger partial charge on any atom is -0.368 e. The highest BCUT2D eigenvalue weighted by Gasteiger charge is 2.07. The summed E-state index contributed by atoms with van der Waals surface area (Å²) in [6, 6.07) is 5.06. The molecule has 0 aliphatic carbocycles. The van der Waals surface area contributed by atoms with Gasteiger partial charge in [-0.15, -0.1) is 0 Å². The molecule has 0 aliphatic rings. The van der Waals surface area contributed by atoms with Gasteiger partial charge in [0.25, 0.3) is 0 Å². The fourth-order valence-corrected chi connectivity index (χ4v) is 1.92. The first-order valence-electron chi connectivity index (χ1n) is 5.36. The van der Waals surface area contributed by atoms with Crippen LogP contribution in [0.5, 0.6) is 0 Å². The maximum absolute atomic E-state index is 5.92. The Kier molecular flexibility index (Phi) is 3.92. The van der Waals surface area contributed by atoms with E-state index in [-0.39, 0.29) is 5.95 Å². The molecule has 0 aliphatic heterocycles. The van der Waals surface area contributed by atoms with Gasteiger partial charge in [-0.2, -0.15) is 15.0 Å². The number of hydrogen-bond acceptors (Lipinski definition) is 6. The van der Waals surface area contributed by atoms with Crippen LogP contribution in [0.2, 0.25) is 10.0 Å². The normalized spacial score (nSPS) is 10.3. The first-order valence-corrected chi connectivity index (χ1v) is 6.11. The topological polar surface area (TPSA) is 80.0 Å². The van der Waals surface area contributed by atoms with Crippen molar-refractivity contribution in [1.82, 2.24) is 15.0 Å². The Labute approximate surface area is 120 Å². The fraction of sp³-hybridized carbons (Fsp3) is 0.182. The van der Waals surface area contributed by atoms with Gasteiger partial charge in [0, 0.05) is 29.8 Å². The van der Waals surface area contributed by atoms with Crippen molar-refractivity contribution < 1.29 is 0 Å². The smallest absolute Gasteiger partial charge is 0.233 e. The van der Waals surface area contributed by atoms with Crippen LogP contribution >= 0.6 is 23.2 Å². The van der Waals surface area contributed by atoms with E-state index in [9.17, 15) is 0 Å². The number of anilines is 4. The number of nitrogens with one attached hydrogen (secondary N) is 1.